The molecule has 6 heteroatoms. The van der Waals surface area contributed by atoms with Crippen molar-refractivity contribution in [1.82, 2.24) is 15.6 Å². The number of benzene rings is 1. The molecule has 2 aromatic rings. The molecular weight excluding hydrogens is 318 g/mol. The standard InChI is InChI=1S/C19H23N3O3/c1-12(2)21-19(23)22-17-6-7-25-18-5-4-13(9-16(17)18)14-8-15(24-3)11-20-10-14/h4-5,8-12,17H,6-7H2,1-3H3,(H2,21,22,23). The number of amides is 2. The van der Waals surface area contributed by atoms with Crippen molar-refractivity contribution in [2.45, 2.75) is 32.4 Å². The van der Waals surface area contributed by atoms with Crippen molar-refractivity contribution in [3.63, 3.8) is 0 Å². The molecule has 2 N–H and O–H groups in total. The van der Waals surface area contributed by atoms with Crippen LogP contribution in [0.1, 0.15) is 31.9 Å². The van der Waals surface area contributed by atoms with E-state index >= 15 is 0 Å². The van der Waals surface area contributed by atoms with E-state index in [9.17, 15) is 4.79 Å². The van der Waals surface area contributed by atoms with Crippen LogP contribution in [0.3, 0.4) is 0 Å². The zero-order valence-electron chi connectivity index (χ0n) is 14.7. The van der Waals surface area contributed by atoms with Crippen molar-refractivity contribution in [2.75, 3.05) is 13.7 Å². The number of nitrogens with one attached hydrogen (secondary N) is 2. The van der Waals surface area contributed by atoms with Crippen LogP contribution < -0.4 is 20.1 Å². The quantitative estimate of drug-likeness (QED) is 0.895. The van der Waals surface area contributed by atoms with Gasteiger partial charge in [-0.1, -0.05) is 6.07 Å². The molecule has 6 nitrogen and oxygen atoms in total. The normalized spacial score (nSPS) is 15.9. The molecule has 2 amide bonds. The van der Waals surface area contributed by atoms with Gasteiger partial charge < -0.3 is 20.1 Å². The first-order valence-electron chi connectivity index (χ1n) is 8.40. The second-order valence-corrected chi connectivity index (χ2v) is 6.33. The predicted octanol–water partition coefficient (Wildman–Crippen LogP) is 3.29. The Kier molecular flexibility index (Phi) is 5.07. The van der Waals surface area contributed by atoms with E-state index in [1.165, 1.54) is 0 Å². The molecule has 0 fully saturated rings. The molecule has 1 aromatic carbocycles. The zero-order chi connectivity index (χ0) is 17.8. The van der Waals surface area contributed by atoms with Crippen molar-refractivity contribution in [2.24, 2.45) is 0 Å². The largest absolute Gasteiger partial charge is 0.495 e. The van der Waals surface area contributed by atoms with E-state index in [0.29, 0.717) is 12.4 Å². The van der Waals surface area contributed by atoms with Crippen molar-refractivity contribution >= 4 is 6.03 Å². The van der Waals surface area contributed by atoms with Crippen LogP contribution in [0.15, 0.2) is 36.7 Å². The Morgan fingerprint density at radius 1 is 1.28 bits per heavy atom. The van der Waals surface area contributed by atoms with Crippen LogP contribution in [0, 0.1) is 0 Å². The second-order valence-electron chi connectivity index (χ2n) is 6.33. The molecule has 3 rings (SSSR count). The van der Waals surface area contributed by atoms with E-state index in [0.717, 1.165) is 28.9 Å². The van der Waals surface area contributed by atoms with E-state index in [1.54, 1.807) is 19.5 Å². The Hall–Kier alpha value is -2.76. The van der Waals surface area contributed by atoms with Crippen LogP contribution >= 0.6 is 0 Å². The van der Waals surface area contributed by atoms with E-state index in [1.807, 2.05) is 38.1 Å². The zero-order valence-corrected chi connectivity index (χ0v) is 14.7. The lowest BCUT2D eigenvalue weighted by molar-refractivity contribution is 0.221. The van der Waals surface area contributed by atoms with Gasteiger partial charge in [0, 0.05) is 29.8 Å². The molecular formula is C19H23N3O3. The van der Waals surface area contributed by atoms with Gasteiger partial charge in [0.05, 0.1) is 26.0 Å². The molecule has 0 bridgehead atoms. The topological polar surface area (TPSA) is 72.5 Å². The summed E-state index contributed by atoms with van der Waals surface area (Å²) in [6.07, 6.45) is 4.20. The number of methoxy groups -OCH3 is 1. The fourth-order valence-electron chi connectivity index (χ4n) is 2.87. The van der Waals surface area contributed by atoms with Gasteiger partial charge in [0.25, 0.3) is 0 Å². The smallest absolute Gasteiger partial charge is 0.315 e. The highest BCUT2D eigenvalue weighted by molar-refractivity contribution is 5.75. The minimum absolute atomic E-state index is 0.0824. The molecule has 0 spiro atoms. The average molecular weight is 341 g/mol. The van der Waals surface area contributed by atoms with Crippen LogP contribution in [0.4, 0.5) is 4.79 Å². The average Bonchev–Trinajstić information content (AvgIpc) is 2.61. The number of pyridine rings is 1. The van der Waals surface area contributed by atoms with E-state index in [-0.39, 0.29) is 18.1 Å². The third kappa shape index (κ3) is 4.02. The number of nitrogens with zero attached hydrogens (tertiary/aromatic N) is 1. The summed E-state index contributed by atoms with van der Waals surface area (Å²) in [5.41, 5.74) is 2.94. The lowest BCUT2D eigenvalue weighted by atomic mass is 9.96. The van der Waals surface area contributed by atoms with Gasteiger partial charge in [-0.2, -0.15) is 0 Å². The lowest BCUT2D eigenvalue weighted by Crippen LogP contribution is -2.42. The number of rotatable bonds is 4. The molecule has 1 aromatic heterocycles. The number of hydrogen-bond acceptors (Lipinski definition) is 4. The van der Waals surface area contributed by atoms with Crippen molar-refractivity contribution in [3.05, 3.63) is 42.2 Å². The van der Waals surface area contributed by atoms with E-state index in [2.05, 4.69) is 15.6 Å². The summed E-state index contributed by atoms with van der Waals surface area (Å²) >= 11 is 0. The van der Waals surface area contributed by atoms with Gasteiger partial charge in [-0.05, 0) is 37.6 Å². The first-order chi connectivity index (χ1) is 12.1. The van der Waals surface area contributed by atoms with Crippen LogP contribution in [0.25, 0.3) is 11.1 Å². The van der Waals surface area contributed by atoms with E-state index < -0.39 is 0 Å². The number of ether oxygens (including phenoxy) is 2. The summed E-state index contributed by atoms with van der Waals surface area (Å²) in [7, 11) is 1.62. The van der Waals surface area contributed by atoms with Crippen LogP contribution in [0.2, 0.25) is 0 Å². The second kappa shape index (κ2) is 7.42. The highest BCUT2D eigenvalue weighted by Gasteiger charge is 2.24. The minimum atomic E-state index is -0.165. The molecule has 1 aliphatic heterocycles. The summed E-state index contributed by atoms with van der Waals surface area (Å²) in [4.78, 5) is 16.3. The van der Waals surface area contributed by atoms with Gasteiger partial charge in [-0.15, -0.1) is 0 Å². The maximum atomic E-state index is 12.1. The van der Waals surface area contributed by atoms with E-state index in [4.69, 9.17) is 9.47 Å². The Balaban J connectivity index is 1.88. The Labute approximate surface area is 147 Å². The van der Waals surface area contributed by atoms with Crippen LogP contribution in [0.5, 0.6) is 11.5 Å². The number of hydrogen-bond donors (Lipinski definition) is 2. The number of carbonyl (C=O) groups is 1. The first kappa shape index (κ1) is 17.1. The highest BCUT2D eigenvalue weighted by atomic mass is 16.5. The van der Waals surface area contributed by atoms with Crippen molar-refractivity contribution < 1.29 is 14.3 Å². The van der Waals surface area contributed by atoms with Crippen LogP contribution in [-0.4, -0.2) is 30.8 Å². The summed E-state index contributed by atoms with van der Waals surface area (Å²) in [6, 6.07) is 7.76. The Morgan fingerprint density at radius 2 is 2.12 bits per heavy atom. The van der Waals surface area contributed by atoms with Gasteiger partial charge in [0.2, 0.25) is 0 Å². The third-order valence-corrected chi connectivity index (χ3v) is 4.06. The first-order valence-corrected chi connectivity index (χ1v) is 8.40. The number of aromatic nitrogens is 1. The molecule has 0 radical (unpaired) electrons. The van der Waals surface area contributed by atoms with Gasteiger partial charge in [-0.25, -0.2) is 4.79 Å². The maximum absolute atomic E-state index is 12.1. The van der Waals surface area contributed by atoms with Crippen LogP contribution in [-0.2, 0) is 0 Å². The fraction of sp³-hybridized carbons (Fsp3) is 0.368. The fourth-order valence-corrected chi connectivity index (χ4v) is 2.87. The van der Waals surface area contributed by atoms with Gasteiger partial charge in [-0.3, -0.25) is 4.98 Å². The SMILES string of the molecule is COc1cncc(-c2ccc3c(c2)C(NC(=O)NC(C)C)CCO3)c1. The lowest BCUT2D eigenvalue weighted by Gasteiger charge is -2.27. The van der Waals surface area contributed by atoms with Gasteiger partial charge in [0.1, 0.15) is 11.5 Å². The molecule has 25 heavy (non-hydrogen) atoms. The number of urea groups is 1. The van der Waals surface area contributed by atoms with Gasteiger partial charge >= 0.3 is 6.03 Å². The molecule has 1 unspecified atom stereocenters. The molecule has 0 saturated heterocycles. The molecule has 1 atom stereocenters. The number of fused-ring (bicyclic) bond motifs is 1. The summed E-state index contributed by atoms with van der Waals surface area (Å²) in [6.45, 7) is 4.45. The predicted molar refractivity (Wildman–Crippen MR) is 95.9 cm³/mol. The molecule has 1 aliphatic rings. The monoisotopic (exact) mass is 341 g/mol. The molecule has 2 heterocycles. The van der Waals surface area contributed by atoms with Crippen molar-refractivity contribution in [3.8, 4) is 22.6 Å². The summed E-state index contributed by atoms with van der Waals surface area (Å²) < 4.78 is 11.0. The third-order valence-electron chi connectivity index (χ3n) is 4.06. The summed E-state index contributed by atoms with van der Waals surface area (Å²) in [5, 5.41) is 5.90. The maximum Gasteiger partial charge on any atom is 0.315 e. The minimum Gasteiger partial charge on any atom is -0.495 e. The Bertz CT molecular complexity index is 761. The highest BCUT2D eigenvalue weighted by Crippen LogP contribution is 2.35. The molecule has 0 aliphatic carbocycles. The van der Waals surface area contributed by atoms with Crippen molar-refractivity contribution in [1.29, 1.82) is 0 Å². The van der Waals surface area contributed by atoms with Gasteiger partial charge in [0.15, 0.2) is 0 Å². The Morgan fingerprint density at radius 3 is 2.88 bits per heavy atom. The summed E-state index contributed by atoms with van der Waals surface area (Å²) in [5.74, 6) is 1.51. The molecule has 0 saturated carbocycles. The molecule has 132 valence electrons. The number of carbonyl (C=O) groups excluding carboxylic acids is 1.